The lowest BCUT2D eigenvalue weighted by Crippen LogP contribution is -2.09. The van der Waals surface area contributed by atoms with Gasteiger partial charge in [-0.3, -0.25) is 0 Å². The normalized spacial score (nSPS) is 20.5. The molecule has 0 aliphatic heterocycles. The number of rotatable bonds is 5. The highest BCUT2D eigenvalue weighted by atomic mass is 32.2. The zero-order chi connectivity index (χ0) is 15.7. The summed E-state index contributed by atoms with van der Waals surface area (Å²) in [6.45, 7) is 0. The number of hydrogen-bond donors (Lipinski definition) is 0. The maximum atomic E-state index is 12.6. The van der Waals surface area contributed by atoms with E-state index in [1.807, 2.05) is 24.3 Å². The van der Waals surface area contributed by atoms with Gasteiger partial charge in [-0.05, 0) is 48.4 Å². The molecule has 2 atom stereocenters. The highest BCUT2D eigenvalue weighted by Crippen LogP contribution is 2.48. The summed E-state index contributed by atoms with van der Waals surface area (Å²) in [5.74, 6) is 1.50. The van der Waals surface area contributed by atoms with Crippen LogP contribution < -0.4 is 9.47 Å². The topological polar surface area (TPSA) is 52.6 Å². The van der Waals surface area contributed by atoms with Crippen molar-refractivity contribution in [2.45, 2.75) is 22.5 Å². The molecule has 1 aliphatic rings. The SMILES string of the molecule is COc1ccc([C@H]2C[C@@H]2S(=O)(=O)c2ccc(OC)cc2)cc1. The minimum absolute atomic E-state index is 0.0676. The molecule has 2 aromatic carbocycles. The summed E-state index contributed by atoms with van der Waals surface area (Å²) in [5.41, 5.74) is 1.04. The first-order valence-electron chi connectivity index (χ1n) is 7.08. The molecule has 0 unspecified atom stereocenters. The molecule has 22 heavy (non-hydrogen) atoms. The van der Waals surface area contributed by atoms with Crippen molar-refractivity contribution in [2.75, 3.05) is 14.2 Å². The summed E-state index contributed by atoms with van der Waals surface area (Å²) in [7, 11) is -0.117. The van der Waals surface area contributed by atoms with Crippen molar-refractivity contribution in [3.63, 3.8) is 0 Å². The second-order valence-corrected chi connectivity index (χ2v) is 7.54. The van der Waals surface area contributed by atoms with E-state index in [2.05, 4.69) is 0 Å². The predicted molar refractivity (Wildman–Crippen MR) is 84.3 cm³/mol. The van der Waals surface area contributed by atoms with E-state index in [-0.39, 0.29) is 11.2 Å². The fourth-order valence-electron chi connectivity index (χ4n) is 2.66. The van der Waals surface area contributed by atoms with Crippen LogP contribution in [0.4, 0.5) is 0 Å². The van der Waals surface area contributed by atoms with Gasteiger partial charge in [-0.15, -0.1) is 0 Å². The van der Waals surface area contributed by atoms with Crippen LogP contribution in [-0.4, -0.2) is 27.9 Å². The lowest BCUT2D eigenvalue weighted by Gasteiger charge is -2.06. The van der Waals surface area contributed by atoms with Crippen molar-refractivity contribution in [3.05, 3.63) is 54.1 Å². The number of hydrogen-bond acceptors (Lipinski definition) is 4. The third kappa shape index (κ3) is 2.68. The lowest BCUT2D eigenvalue weighted by atomic mass is 10.1. The largest absolute Gasteiger partial charge is 0.497 e. The second kappa shape index (κ2) is 5.65. The van der Waals surface area contributed by atoms with Crippen LogP contribution in [-0.2, 0) is 9.84 Å². The van der Waals surface area contributed by atoms with Crippen LogP contribution >= 0.6 is 0 Å². The molecule has 0 amide bonds. The molecule has 0 aromatic heterocycles. The maximum absolute atomic E-state index is 12.6. The summed E-state index contributed by atoms with van der Waals surface area (Å²) in [6.07, 6.45) is 0.667. The molecule has 5 heteroatoms. The lowest BCUT2D eigenvalue weighted by molar-refractivity contribution is 0.414. The first kappa shape index (κ1) is 14.9. The van der Waals surface area contributed by atoms with Crippen LogP contribution in [0.2, 0.25) is 0 Å². The summed E-state index contributed by atoms with van der Waals surface area (Å²) in [4.78, 5) is 0.356. The fraction of sp³-hybridized carbons (Fsp3) is 0.294. The van der Waals surface area contributed by atoms with E-state index in [1.54, 1.807) is 38.5 Å². The van der Waals surface area contributed by atoms with Crippen LogP contribution in [0.15, 0.2) is 53.4 Å². The van der Waals surface area contributed by atoms with Gasteiger partial charge in [0.25, 0.3) is 0 Å². The fourth-order valence-corrected chi connectivity index (χ4v) is 4.57. The van der Waals surface area contributed by atoms with E-state index in [1.165, 1.54) is 0 Å². The van der Waals surface area contributed by atoms with Gasteiger partial charge in [-0.25, -0.2) is 8.42 Å². The van der Waals surface area contributed by atoms with Gasteiger partial charge in [-0.1, -0.05) is 12.1 Å². The molecule has 4 nitrogen and oxygen atoms in total. The van der Waals surface area contributed by atoms with E-state index in [4.69, 9.17) is 9.47 Å². The van der Waals surface area contributed by atoms with Gasteiger partial charge in [0.05, 0.1) is 24.4 Å². The number of ether oxygens (including phenoxy) is 2. The third-order valence-electron chi connectivity index (χ3n) is 4.06. The Bertz CT molecular complexity index is 748. The molecule has 0 heterocycles. The molecule has 0 bridgehead atoms. The van der Waals surface area contributed by atoms with Crippen LogP contribution in [0.5, 0.6) is 11.5 Å². The van der Waals surface area contributed by atoms with Crippen molar-refractivity contribution in [1.82, 2.24) is 0 Å². The standard InChI is InChI=1S/C17H18O4S/c1-20-13-5-3-12(4-6-13)16-11-17(16)22(18,19)15-9-7-14(21-2)8-10-15/h3-10,16-17H,11H2,1-2H3/t16-,17+/m1/s1. The first-order valence-corrected chi connectivity index (χ1v) is 8.63. The van der Waals surface area contributed by atoms with E-state index < -0.39 is 9.84 Å². The minimum atomic E-state index is -3.29. The Balaban J connectivity index is 1.79. The van der Waals surface area contributed by atoms with Crippen molar-refractivity contribution < 1.29 is 17.9 Å². The van der Waals surface area contributed by atoms with E-state index in [9.17, 15) is 8.42 Å². The van der Waals surface area contributed by atoms with Crippen LogP contribution in [0, 0.1) is 0 Å². The molecular formula is C17H18O4S. The molecule has 0 spiro atoms. The van der Waals surface area contributed by atoms with Crippen LogP contribution in [0.25, 0.3) is 0 Å². The molecule has 116 valence electrons. The summed E-state index contributed by atoms with van der Waals surface area (Å²) in [6, 6.07) is 14.2. The summed E-state index contributed by atoms with van der Waals surface area (Å²) >= 11 is 0. The molecule has 0 N–H and O–H groups in total. The molecule has 1 saturated carbocycles. The van der Waals surface area contributed by atoms with E-state index >= 15 is 0 Å². The monoisotopic (exact) mass is 318 g/mol. The van der Waals surface area contributed by atoms with Crippen molar-refractivity contribution in [1.29, 1.82) is 0 Å². The predicted octanol–water partition coefficient (Wildman–Crippen LogP) is 3.03. The Hall–Kier alpha value is -2.01. The Morgan fingerprint density at radius 2 is 1.36 bits per heavy atom. The highest BCUT2D eigenvalue weighted by molar-refractivity contribution is 7.92. The quantitative estimate of drug-likeness (QED) is 0.850. The van der Waals surface area contributed by atoms with Crippen LogP contribution in [0.3, 0.4) is 0 Å². The molecule has 1 fully saturated rings. The average molecular weight is 318 g/mol. The van der Waals surface area contributed by atoms with Crippen molar-refractivity contribution >= 4 is 9.84 Å². The average Bonchev–Trinajstić information content (AvgIpc) is 3.36. The Labute approximate surface area is 130 Å². The van der Waals surface area contributed by atoms with Crippen molar-refractivity contribution in [2.24, 2.45) is 0 Å². The molecular weight excluding hydrogens is 300 g/mol. The summed E-state index contributed by atoms with van der Waals surface area (Å²) in [5, 5.41) is -0.339. The zero-order valence-corrected chi connectivity index (χ0v) is 13.3. The Morgan fingerprint density at radius 3 is 1.86 bits per heavy atom. The number of methoxy groups -OCH3 is 2. The maximum Gasteiger partial charge on any atom is 0.181 e. The summed E-state index contributed by atoms with van der Waals surface area (Å²) < 4.78 is 35.5. The van der Waals surface area contributed by atoms with Crippen molar-refractivity contribution in [3.8, 4) is 11.5 Å². The number of benzene rings is 2. The molecule has 2 aromatic rings. The number of sulfone groups is 1. The van der Waals surface area contributed by atoms with Gasteiger partial charge in [0.2, 0.25) is 0 Å². The highest BCUT2D eigenvalue weighted by Gasteiger charge is 2.48. The van der Waals surface area contributed by atoms with Gasteiger partial charge in [0, 0.05) is 5.92 Å². The second-order valence-electron chi connectivity index (χ2n) is 5.37. The van der Waals surface area contributed by atoms with Gasteiger partial charge < -0.3 is 9.47 Å². The zero-order valence-electron chi connectivity index (χ0n) is 12.5. The Morgan fingerprint density at radius 1 is 0.864 bits per heavy atom. The molecule has 0 radical (unpaired) electrons. The van der Waals surface area contributed by atoms with Gasteiger partial charge in [-0.2, -0.15) is 0 Å². The molecule has 1 aliphatic carbocycles. The third-order valence-corrected chi connectivity index (χ3v) is 6.31. The first-order chi connectivity index (χ1) is 10.6. The van der Waals surface area contributed by atoms with E-state index in [0.717, 1.165) is 11.3 Å². The molecule has 0 saturated heterocycles. The minimum Gasteiger partial charge on any atom is -0.497 e. The van der Waals surface area contributed by atoms with Gasteiger partial charge in [0.15, 0.2) is 9.84 Å². The van der Waals surface area contributed by atoms with E-state index in [0.29, 0.717) is 17.1 Å². The molecule has 3 rings (SSSR count). The Kier molecular flexibility index (Phi) is 3.83. The van der Waals surface area contributed by atoms with Gasteiger partial charge >= 0.3 is 0 Å². The van der Waals surface area contributed by atoms with Gasteiger partial charge in [0.1, 0.15) is 11.5 Å². The smallest absolute Gasteiger partial charge is 0.181 e. The van der Waals surface area contributed by atoms with Crippen LogP contribution in [0.1, 0.15) is 17.9 Å².